The van der Waals surface area contributed by atoms with Crippen molar-refractivity contribution >= 4 is 15.9 Å². The lowest BCUT2D eigenvalue weighted by molar-refractivity contribution is 0.244. The van der Waals surface area contributed by atoms with Gasteiger partial charge in [-0.05, 0) is 46.6 Å². The highest BCUT2D eigenvalue weighted by Gasteiger charge is 2.08. The Morgan fingerprint density at radius 1 is 1.50 bits per heavy atom. The Morgan fingerprint density at radius 3 is 2.94 bits per heavy atom. The van der Waals surface area contributed by atoms with E-state index in [4.69, 9.17) is 9.47 Å². The molecule has 1 rings (SSSR count). The van der Waals surface area contributed by atoms with Crippen molar-refractivity contribution in [2.75, 3.05) is 20.3 Å². The topological polar surface area (TPSA) is 50.7 Å². The van der Waals surface area contributed by atoms with Crippen LogP contribution in [0.2, 0.25) is 0 Å². The number of benzene rings is 1. The molecule has 0 saturated carbocycles. The molecular formula is C13H18BrNO3. The van der Waals surface area contributed by atoms with Gasteiger partial charge in [0.1, 0.15) is 0 Å². The summed E-state index contributed by atoms with van der Waals surface area (Å²) in [7, 11) is 1.53. The zero-order valence-electron chi connectivity index (χ0n) is 10.4. The molecule has 0 aromatic heterocycles. The van der Waals surface area contributed by atoms with Crippen molar-refractivity contribution in [3.63, 3.8) is 0 Å². The zero-order valence-corrected chi connectivity index (χ0v) is 12.0. The smallest absolute Gasteiger partial charge is 0.172 e. The molecule has 0 bridgehead atoms. The molecule has 0 unspecified atom stereocenters. The number of phenolic OH excluding ortho intramolecular Hbond substituents is 1. The van der Waals surface area contributed by atoms with E-state index in [-0.39, 0.29) is 5.75 Å². The fourth-order valence-corrected chi connectivity index (χ4v) is 1.97. The second-order valence-electron chi connectivity index (χ2n) is 3.70. The van der Waals surface area contributed by atoms with Crippen molar-refractivity contribution in [1.29, 1.82) is 0 Å². The van der Waals surface area contributed by atoms with Crippen LogP contribution in [0.1, 0.15) is 12.0 Å². The first-order valence-corrected chi connectivity index (χ1v) is 6.47. The Kier molecular flexibility index (Phi) is 6.60. The van der Waals surface area contributed by atoms with Crippen LogP contribution in [-0.2, 0) is 11.3 Å². The van der Waals surface area contributed by atoms with Gasteiger partial charge in [-0.15, -0.1) is 0 Å². The van der Waals surface area contributed by atoms with E-state index in [1.54, 1.807) is 0 Å². The maximum absolute atomic E-state index is 9.67. The molecule has 0 amide bonds. The number of nitrogens with one attached hydrogen (secondary N) is 1. The van der Waals surface area contributed by atoms with Crippen molar-refractivity contribution in [2.24, 2.45) is 0 Å². The average molecular weight is 316 g/mol. The summed E-state index contributed by atoms with van der Waals surface area (Å²) in [6.45, 7) is 5.71. The Balaban J connectivity index is 2.42. The second kappa shape index (κ2) is 8.00. The van der Waals surface area contributed by atoms with Crippen molar-refractivity contribution in [3.8, 4) is 11.5 Å². The average Bonchev–Trinajstić information content (AvgIpc) is 2.37. The minimum atomic E-state index is 0.126. The number of ether oxygens (including phenoxy) is 2. The minimum absolute atomic E-state index is 0.126. The van der Waals surface area contributed by atoms with Crippen LogP contribution in [0.3, 0.4) is 0 Å². The molecule has 0 saturated heterocycles. The summed E-state index contributed by atoms with van der Waals surface area (Å²) in [5.74, 6) is 0.594. The fraction of sp³-hybridized carbons (Fsp3) is 0.385. The van der Waals surface area contributed by atoms with Crippen LogP contribution in [0.5, 0.6) is 11.5 Å². The molecule has 5 heteroatoms. The van der Waals surface area contributed by atoms with E-state index in [0.717, 1.165) is 18.5 Å². The summed E-state index contributed by atoms with van der Waals surface area (Å²) in [5.41, 5.74) is 1.04. The summed E-state index contributed by atoms with van der Waals surface area (Å²) in [6, 6.07) is 3.68. The molecule has 2 N–H and O–H groups in total. The number of hydrogen-bond acceptors (Lipinski definition) is 4. The van der Waals surface area contributed by atoms with Gasteiger partial charge in [0, 0.05) is 6.54 Å². The normalized spacial score (nSPS) is 10.1. The summed E-state index contributed by atoms with van der Waals surface area (Å²) in [4.78, 5) is 0. The maximum Gasteiger partial charge on any atom is 0.172 e. The summed E-state index contributed by atoms with van der Waals surface area (Å²) >= 11 is 3.29. The Hall–Kier alpha value is -1.20. The van der Waals surface area contributed by atoms with E-state index in [9.17, 15) is 5.11 Å². The van der Waals surface area contributed by atoms with Crippen LogP contribution in [-0.4, -0.2) is 25.4 Å². The molecule has 0 fully saturated rings. The standard InChI is InChI=1S/C13H18BrNO3/c1-3-18-6-4-5-15-9-10-7-11(14)13(16)12(8-10)17-2/h3,7-8,15-16H,1,4-6,9H2,2H3. The van der Waals surface area contributed by atoms with Gasteiger partial charge in [-0.1, -0.05) is 6.58 Å². The van der Waals surface area contributed by atoms with Gasteiger partial charge in [0.05, 0.1) is 24.5 Å². The van der Waals surface area contributed by atoms with Gasteiger partial charge < -0.3 is 19.9 Å². The first kappa shape index (κ1) is 14.9. The lowest BCUT2D eigenvalue weighted by Gasteiger charge is -2.10. The van der Waals surface area contributed by atoms with Gasteiger partial charge in [0.25, 0.3) is 0 Å². The summed E-state index contributed by atoms with van der Waals surface area (Å²) in [5, 5.41) is 13.0. The van der Waals surface area contributed by atoms with Gasteiger partial charge >= 0.3 is 0 Å². The Bertz CT molecular complexity index is 396. The third-order valence-electron chi connectivity index (χ3n) is 2.37. The van der Waals surface area contributed by atoms with E-state index >= 15 is 0 Å². The third kappa shape index (κ3) is 4.58. The van der Waals surface area contributed by atoms with Gasteiger partial charge in [-0.2, -0.15) is 0 Å². The molecule has 0 radical (unpaired) electrons. The van der Waals surface area contributed by atoms with Crippen LogP contribution >= 0.6 is 15.9 Å². The first-order valence-electron chi connectivity index (χ1n) is 5.67. The monoisotopic (exact) mass is 315 g/mol. The minimum Gasteiger partial charge on any atom is -0.503 e. The molecule has 1 aromatic carbocycles. The predicted octanol–water partition coefficient (Wildman–Crippen LogP) is 2.80. The van der Waals surface area contributed by atoms with E-state index in [2.05, 4.69) is 27.8 Å². The van der Waals surface area contributed by atoms with Crippen LogP contribution in [0.25, 0.3) is 0 Å². The van der Waals surface area contributed by atoms with Crippen LogP contribution in [0, 0.1) is 0 Å². The molecule has 0 spiro atoms. The van der Waals surface area contributed by atoms with E-state index in [1.165, 1.54) is 13.4 Å². The number of methoxy groups -OCH3 is 1. The van der Waals surface area contributed by atoms with Crippen molar-refractivity contribution < 1.29 is 14.6 Å². The molecule has 0 aliphatic carbocycles. The number of hydrogen-bond donors (Lipinski definition) is 2. The molecule has 0 aliphatic rings. The number of aromatic hydroxyl groups is 1. The van der Waals surface area contributed by atoms with Crippen LogP contribution in [0.15, 0.2) is 29.4 Å². The first-order chi connectivity index (χ1) is 8.69. The highest BCUT2D eigenvalue weighted by atomic mass is 79.9. The summed E-state index contributed by atoms with van der Waals surface area (Å²) in [6.07, 6.45) is 2.37. The lowest BCUT2D eigenvalue weighted by Crippen LogP contribution is -2.16. The molecule has 0 atom stereocenters. The molecule has 100 valence electrons. The Labute approximate surface area is 116 Å². The Morgan fingerprint density at radius 2 is 2.28 bits per heavy atom. The molecule has 4 nitrogen and oxygen atoms in total. The highest BCUT2D eigenvalue weighted by Crippen LogP contribution is 2.35. The fourth-order valence-electron chi connectivity index (χ4n) is 1.48. The molecule has 1 aromatic rings. The van der Waals surface area contributed by atoms with Crippen LogP contribution in [0.4, 0.5) is 0 Å². The number of phenols is 1. The largest absolute Gasteiger partial charge is 0.503 e. The third-order valence-corrected chi connectivity index (χ3v) is 2.98. The molecule has 0 aliphatic heterocycles. The van der Waals surface area contributed by atoms with Gasteiger partial charge in [-0.25, -0.2) is 0 Å². The number of halogens is 1. The number of rotatable bonds is 8. The SMILES string of the molecule is C=COCCCNCc1cc(Br)c(O)c(OC)c1. The zero-order chi connectivity index (χ0) is 13.4. The van der Waals surface area contributed by atoms with E-state index in [1.807, 2.05) is 12.1 Å². The second-order valence-corrected chi connectivity index (χ2v) is 4.55. The van der Waals surface area contributed by atoms with E-state index < -0.39 is 0 Å². The van der Waals surface area contributed by atoms with Crippen LogP contribution < -0.4 is 10.1 Å². The van der Waals surface area contributed by atoms with E-state index in [0.29, 0.717) is 23.4 Å². The van der Waals surface area contributed by atoms with Gasteiger partial charge in [0.2, 0.25) is 0 Å². The van der Waals surface area contributed by atoms with Crippen molar-refractivity contribution in [1.82, 2.24) is 5.32 Å². The van der Waals surface area contributed by atoms with Gasteiger partial charge in [0.15, 0.2) is 11.5 Å². The molecule has 18 heavy (non-hydrogen) atoms. The van der Waals surface area contributed by atoms with Crippen molar-refractivity contribution in [3.05, 3.63) is 35.0 Å². The quantitative estimate of drug-likeness (QED) is 0.572. The molecular weight excluding hydrogens is 298 g/mol. The lowest BCUT2D eigenvalue weighted by atomic mass is 10.2. The maximum atomic E-state index is 9.67. The predicted molar refractivity (Wildman–Crippen MR) is 74.8 cm³/mol. The molecule has 0 heterocycles. The van der Waals surface area contributed by atoms with Gasteiger partial charge in [-0.3, -0.25) is 0 Å². The van der Waals surface area contributed by atoms with Crippen molar-refractivity contribution in [2.45, 2.75) is 13.0 Å². The summed E-state index contributed by atoms with van der Waals surface area (Å²) < 4.78 is 10.7. The highest BCUT2D eigenvalue weighted by molar-refractivity contribution is 9.10.